The van der Waals surface area contributed by atoms with E-state index in [1.54, 1.807) is 24.4 Å². The van der Waals surface area contributed by atoms with Gasteiger partial charge in [0.25, 0.3) is 0 Å². The van der Waals surface area contributed by atoms with E-state index in [0.717, 1.165) is 23.9 Å². The number of nitrogens with zero attached hydrogens (tertiary/aromatic N) is 3. The molecule has 0 saturated heterocycles. The zero-order chi connectivity index (χ0) is 27.2. The largest absolute Gasteiger partial charge is 0.478 e. The molecule has 3 heterocycles. The van der Waals surface area contributed by atoms with Crippen LogP contribution in [0.4, 0.5) is 30.5 Å². The molecule has 12 heteroatoms. The van der Waals surface area contributed by atoms with Crippen LogP contribution in [0.5, 0.6) is 0 Å². The number of pyridine rings is 2. The van der Waals surface area contributed by atoms with Gasteiger partial charge in [-0.3, -0.25) is 0 Å². The Labute approximate surface area is 219 Å². The van der Waals surface area contributed by atoms with Crippen molar-refractivity contribution < 1.29 is 28.2 Å². The summed E-state index contributed by atoms with van der Waals surface area (Å²) in [5.41, 5.74) is 6.44. The van der Waals surface area contributed by atoms with Crippen molar-refractivity contribution >= 4 is 34.6 Å². The summed E-state index contributed by atoms with van der Waals surface area (Å²) in [7, 11) is 0. The molecule has 0 amide bonds. The van der Waals surface area contributed by atoms with Gasteiger partial charge in [-0.25, -0.2) is 19.7 Å². The fourth-order valence-electron chi connectivity index (χ4n) is 4.63. The molecule has 0 spiro atoms. The smallest absolute Gasteiger partial charge is 0.416 e. The molecule has 1 atom stereocenters. The molecule has 8 nitrogen and oxygen atoms in total. The first kappa shape index (κ1) is 25.6. The van der Waals surface area contributed by atoms with E-state index < -0.39 is 23.3 Å². The van der Waals surface area contributed by atoms with Gasteiger partial charge in [-0.15, -0.1) is 11.3 Å². The number of rotatable bonds is 5. The van der Waals surface area contributed by atoms with Gasteiger partial charge < -0.3 is 21.3 Å². The molecule has 1 unspecified atom stereocenters. The average molecular weight is 542 g/mol. The van der Waals surface area contributed by atoms with E-state index in [2.05, 4.69) is 20.3 Å². The predicted molar refractivity (Wildman–Crippen MR) is 136 cm³/mol. The van der Waals surface area contributed by atoms with Crippen molar-refractivity contribution in [1.29, 1.82) is 0 Å². The maximum absolute atomic E-state index is 13.1. The van der Waals surface area contributed by atoms with E-state index >= 15 is 0 Å². The number of benzene rings is 1. The van der Waals surface area contributed by atoms with Crippen LogP contribution in [0.2, 0.25) is 0 Å². The lowest BCUT2D eigenvalue weighted by Crippen LogP contribution is -2.32. The van der Waals surface area contributed by atoms with Gasteiger partial charge in [0.1, 0.15) is 22.2 Å². The van der Waals surface area contributed by atoms with Gasteiger partial charge in [0.05, 0.1) is 21.7 Å². The normalized spacial score (nSPS) is 17.2. The first-order valence-electron chi connectivity index (χ1n) is 11.6. The van der Waals surface area contributed by atoms with E-state index in [9.17, 15) is 28.2 Å². The minimum absolute atomic E-state index is 0.000288. The fourth-order valence-corrected chi connectivity index (χ4v) is 5.64. The summed E-state index contributed by atoms with van der Waals surface area (Å²) in [6, 6.07) is 8.27. The van der Waals surface area contributed by atoms with E-state index in [1.165, 1.54) is 17.4 Å². The third-order valence-corrected chi connectivity index (χ3v) is 7.59. The Hall–Kier alpha value is -4.03. The topological polar surface area (TPSA) is 134 Å². The number of alkyl halides is 3. The van der Waals surface area contributed by atoms with Gasteiger partial charge in [0, 0.05) is 18.1 Å². The van der Waals surface area contributed by atoms with Crippen LogP contribution in [0.25, 0.3) is 10.6 Å². The van der Waals surface area contributed by atoms with Crippen LogP contribution < -0.4 is 11.1 Å². The highest BCUT2D eigenvalue weighted by Gasteiger charge is 2.40. The Morgan fingerprint density at radius 3 is 2.68 bits per heavy atom. The first-order chi connectivity index (χ1) is 18.0. The molecule has 0 radical (unpaired) electrons. The lowest BCUT2D eigenvalue weighted by molar-refractivity contribution is -0.137. The number of carboxylic acids is 1. The second-order valence-electron chi connectivity index (χ2n) is 9.07. The van der Waals surface area contributed by atoms with Gasteiger partial charge in [-0.05, 0) is 73.2 Å². The van der Waals surface area contributed by atoms with Gasteiger partial charge in [-0.1, -0.05) is 6.07 Å². The van der Waals surface area contributed by atoms with Crippen LogP contribution in [0.1, 0.15) is 50.5 Å². The zero-order valence-corrected chi connectivity index (χ0v) is 20.8. The van der Waals surface area contributed by atoms with E-state index in [0.29, 0.717) is 51.8 Å². The molecule has 3 aromatic heterocycles. The molecule has 38 heavy (non-hydrogen) atoms. The summed E-state index contributed by atoms with van der Waals surface area (Å²) in [6.07, 6.45) is -0.329. The minimum Gasteiger partial charge on any atom is -0.478 e. The van der Waals surface area contributed by atoms with Crippen molar-refractivity contribution in [1.82, 2.24) is 15.0 Å². The fraction of sp³-hybridized carbons (Fsp3) is 0.231. The maximum Gasteiger partial charge on any atom is 0.416 e. The van der Waals surface area contributed by atoms with E-state index in [4.69, 9.17) is 5.73 Å². The number of anilines is 3. The van der Waals surface area contributed by atoms with Crippen LogP contribution in [0.3, 0.4) is 0 Å². The number of aliphatic hydroxyl groups is 1. The van der Waals surface area contributed by atoms with Crippen molar-refractivity contribution in [2.24, 2.45) is 0 Å². The number of nitrogens with one attached hydrogen (secondary N) is 1. The second-order valence-corrected chi connectivity index (χ2v) is 10.1. The third-order valence-electron chi connectivity index (χ3n) is 6.42. The molecule has 1 aliphatic carbocycles. The number of fused-ring (bicyclic) bond motifs is 1. The van der Waals surface area contributed by atoms with Crippen LogP contribution in [0.15, 0.2) is 48.8 Å². The summed E-state index contributed by atoms with van der Waals surface area (Å²) in [4.78, 5) is 25.1. The molecule has 196 valence electrons. The van der Waals surface area contributed by atoms with Gasteiger partial charge >= 0.3 is 12.1 Å². The molecule has 4 aromatic rings. The van der Waals surface area contributed by atoms with Crippen molar-refractivity contribution in [2.75, 3.05) is 11.1 Å². The molecule has 1 aliphatic rings. The summed E-state index contributed by atoms with van der Waals surface area (Å²) in [5.74, 6) is -0.830. The number of nitrogens with two attached hydrogens (primary N) is 1. The molecule has 0 aliphatic heterocycles. The molecule has 0 bridgehead atoms. The van der Waals surface area contributed by atoms with Crippen LogP contribution in [-0.4, -0.2) is 31.1 Å². The number of thiazole rings is 1. The van der Waals surface area contributed by atoms with Crippen molar-refractivity contribution in [2.45, 2.75) is 38.0 Å². The lowest BCUT2D eigenvalue weighted by Gasteiger charge is -2.33. The molecule has 5 N–H and O–H groups in total. The highest BCUT2D eigenvalue weighted by atomic mass is 32.1. The Morgan fingerprint density at radius 2 is 1.95 bits per heavy atom. The van der Waals surface area contributed by atoms with Crippen LogP contribution in [0, 0.1) is 6.92 Å². The number of hydrogen-bond donors (Lipinski definition) is 4. The maximum atomic E-state index is 13.1. The van der Waals surface area contributed by atoms with E-state index in [1.807, 2.05) is 6.92 Å². The van der Waals surface area contributed by atoms with Gasteiger partial charge in [-0.2, -0.15) is 13.2 Å². The van der Waals surface area contributed by atoms with Crippen molar-refractivity contribution in [3.8, 4) is 10.6 Å². The number of carboxylic acid groups (broad SMARTS) is 1. The summed E-state index contributed by atoms with van der Waals surface area (Å²) in [6.45, 7) is 1.83. The van der Waals surface area contributed by atoms with Crippen LogP contribution in [-0.2, 0) is 18.2 Å². The highest BCUT2D eigenvalue weighted by Crippen LogP contribution is 2.45. The standard InChI is InChI=1S/C26H22F3N5O3S/c1-13-9-18(33-21(10-13)34-20-11-14(6-8-31-20)26(27,28)29)19-12-32-24(38-19)25(37)7-2-3-15-17(25)5-4-16(22(15)30)23(35)36/h4-6,8-12,37H,2-3,7,30H2,1H3,(H,35,36)(H,31,33,34). The SMILES string of the molecule is Cc1cc(Nc2cc(C(F)(F)F)ccn2)nc(-c2cnc(C3(O)CCCc4c3ccc(C(=O)O)c4N)s2)c1. The third kappa shape index (κ3) is 4.68. The lowest BCUT2D eigenvalue weighted by atomic mass is 9.78. The minimum atomic E-state index is -4.50. The van der Waals surface area contributed by atoms with Crippen LogP contribution >= 0.6 is 11.3 Å². The first-order valence-corrected chi connectivity index (χ1v) is 12.4. The Bertz CT molecular complexity index is 1560. The Balaban J connectivity index is 1.48. The zero-order valence-electron chi connectivity index (χ0n) is 20.0. The van der Waals surface area contributed by atoms with Crippen molar-refractivity contribution in [3.05, 3.63) is 81.6 Å². The van der Waals surface area contributed by atoms with Gasteiger partial charge in [0.15, 0.2) is 0 Å². The van der Waals surface area contributed by atoms with E-state index in [-0.39, 0.29) is 17.1 Å². The second kappa shape index (κ2) is 9.37. The average Bonchev–Trinajstić information content (AvgIpc) is 3.35. The Kier molecular flexibility index (Phi) is 6.32. The number of nitrogen functional groups attached to an aromatic ring is 1. The highest BCUT2D eigenvalue weighted by molar-refractivity contribution is 7.15. The molecular weight excluding hydrogens is 519 g/mol. The number of halogens is 3. The molecule has 5 rings (SSSR count). The summed E-state index contributed by atoms with van der Waals surface area (Å²) in [5, 5.41) is 24.4. The summed E-state index contributed by atoms with van der Waals surface area (Å²) < 4.78 is 39.2. The molecule has 0 fully saturated rings. The molecular formula is C26H22F3N5O3S. The Morgan fingerprint density at radius 1 is 1.16 bits per heavy atom. The number of carbonyl (C=O) groups is 1. The predicted octanol–water partition coefficient (Wildman–Crippen LogP) is 5.52. The number of hydrogen-bond acceptors (Lipinski definition) is 8. The number of aryl methyl sites for hydroxylation is 1. The molecule has 0 saturated carbocycles. The quantitative estimate of drug-likeness (QED) is 0.243. The number of aromatic carboxylic acids is 1. The molecule has 1 aromatic carbocycles. The summed E-state index contributed by atoms with van der Waals surface area (Å²) >= 11 is 1.23. The monoisotopic (exact) mass is 541 g/mol. The van der Waals surface area contributed by atoms with Gasteiger partial charge in [0.2, 0.25) is 0 Å². The van der Waals surface area contributed by atoms with Crippen molar-refractivity contribution in [3.63, 3.8) is 0 Å². The number of aromatic nitrogens is 3.